The van der Waals surface area contributed by atoms with Crippen LogP contribution in [0.4, 0.5) is 0 Å². The molecule has 0 aliphatic carbocycles. The third kappa shape index (κ3) is 1.52. The topological polar surface area (TPSA) is 25.8 Å². The second-order valence-corrected chi connectivity index (χ2v) is 3.09. The molecule has 0 aliphatic rings. The first kappa shape index (κ1) is 8.17. The summed E-state index contributed by atoms with van der Waals surface area (Å²) in [4.78, 5) is 8.60. The van der Waals surface area contributed by atoms with Crippen molar-refractivity contribution in [2.24, 2.45) is 0 Å². The van der Waals surface area contributed by atoms with Gasteiger partial charge in [-0.1, -0.05) is 13.3 Å². The van der Waals surface area contributed by atoms with Crippen molar-refractivity contribution in [1.82, 2.24) is 9.97 Å². The van der Waals surface area contributed by atoms with Gasteiger partial charge in [-0.05, 0) is 30.2 Å². The van der Waals surface area contributed by atoms with Crippen LogP contribution in [-0.2, 0) is 6.42 Å². The van der Waals surface area contributed by atoms with Crippen molar-refractivity contribution in [3.63, 3.8) is 0 Å². The Balaban J connectivity index is 2.61. The molecule has 2 rings (SSSR count). The third-order valence-electron chi connectivity index (χ3n) is 2.10. The molecule has 2 nitrogen and oxygen atoms in total. The molecule has 2 heteroatoms. The van der Waals surface area contributed by atoms with E-state index in [0.717, 1.165) is 23.9 Å². The summed E-state index contributed by atoms with van der Waals surface area (Å²) in [6.45, 7) is 2.18. The Kier molecular flexibility index (Phi) is 2.21. The molecule has 0 fully saturated rings. The van der Waals surface area contributed by atoms with Crippen molar-refractivity contribution in [2.75, 3.05) is 0 Å². The normalized spacial score (nSPS) is 10.5. The zero-order chi connectivity index (χ0) is 9.10. The summed E-state index contributed by atoms with van der Waals surface area (Å²) in [6, 6.07) is 5.98. The first-order valence-electron chi connectivity index (χ1n) is 4.60. The molecule has 0 N–H and O–H groups in total. The van der Waals surface area contributed by atoms with Crippen molar-refractivity contribution < 1.29 is 0 Å². The monoisotopic (exact) mass is 172 g/mol. The second kappa shape index (κ2) is 3.52. The SMILES string of the molecule is CCCc1ccnc2cccnc12. The minimum atomic E-state index is 0.994. The molecule has 0 aliphatic heterocycles. The Morgan fingerprint density at radius 3 is 2.92 bits per heavy atom. The highest BCUT2D eigenvalue weighted by molar-refractivity contribution is 5.77. The van der Waals surface area contributed by atoms with Crippen molar-refractivity contribution in [1.29, 1.82) is 0 Å². The van der Waals surface area contributed by atoms with Gasteiger partial charge in [-0.3, -0.25) is 9.97 Å². The highest BCUT2D eigenvalue weighted by Gasteiger charge is 2.00. The van der Waals surface area contributed by atoms with E-state index >= 15 is 0 Å². The van der Waals surface area contributed by atoms with E-state index in [4.69, 9.17) is 0 Å². The van der Waals surface area contributed by atoms with Gasteiger partial charge < -0.3 is 0 Å². The third-order valence-corrected chi connectivity index (χ3v) is 2.10. The maximum absolute atomic E-state index is 4.34. The molecule has 0 amide bonds. The number of hydrogen-bond donors (Lipinski definition) is 0. The molecule has 0 atom stereocenters. The van der Waals surface area contributed by atoms with Crippen molar-refractivity contribution in [3.05, 3.63) is 36.2 Å². The quantitative estimate of drug-likeness (QED) is 0.695. The van der Waals surface area contributed by atoms with Crippen LogP contribution in [0, 0.1) is 0 Å². The van der Waals surface area contributed by atoms with Crippen molar-refractivity contribution in [2.45, 2.75) is 19.8 Å². The van der Waals surface area contributed by atoms with Crippen LogP contribution < -0.4 is 0 Å². The van der Waals surface area contributed by atoms with Gasteiger partial charge >= 0.3 is 0 Å². The number of aryl methyl sites for hydroxylation is 1. The molecule has 2 aromatic rings. The van der Waals surface area contributed by atoms with E-state index < -0.39 is 0 Å². The van der Waals surface area contributed by atoms with Gasteiger partial charge in [-0.2, -0.15) is 0 Å². The minimum absolute atomic E-state index is 0.994. The summed E-state index contributed by atoms with van der Waals surface area (Å²) in [5, 5.41) is 0. The van der Waals surface area contributed by atoms with E-state index in [1.165, 1.54) is 5.56 Å². The molecule has 0 radical (unpaired) electrons. The first-order chi connectivity index (χ1) is 6.42. The summed E-state index contributed by atoms with van der Waals surface area (Å²) < 4.78 is 0. The average molecular weight is 172 g/mol. The molecule has 0 bridgehead atoms. The molecule has 0 aromatic carbocycles. The molecule has 0 saturated carbocycles. The zero-order valence-corrected chi connectivity index (χ0v) is 7.70. The predicted molar refractivity (Wildman–Crippen MR) is 53.5 cm³/mol. The molecule has 0 unspecified atom stereocenters. The van der Waals surface area contributed by atoms with Gasteiger partial charge in [0.15, 0.2) is 0 Å². The minimum Gasteiger partial charge on any atom is -0.255 e. The van der Waals surface area contributed by atoms with Crippen LogP contribution in [0.5, 0.6) is 0 Å². The Morgan fingerprint density at radius 2 is 2.08 bits per heavy atom. The predicted octanol–water partition coefficient (Wildman–Crippen LogP) is 2.58. The molecular weight excluding hydrogens is 160 g/mol. The zero-order valence-electron chi connectivity index (χ0n) is 7.70. The second-order valence-electron chi connectivity index (χ2n) is 3.09. The number of pyridine rings is 2. The van der Waals surface area contributed by atoms with Gasteiger partial charge in [0.05, 0.1) is 11.0 Å². The summed E-state index contributed by atoms with van der Waals surface area (Å²) in [6.07, 6.45) is 5.91. The summed E-state index contributed by atoms with van der Waals surface area (Å²) >= 11 is 0. The molecule has 2 aromatic heterocycles. The number of aromatic nitrogens is 2. The lowest BCUT2D eigenvalue weighted by Gasteiger charge is -2.01. The Hall–Kier alpha value is -1.44. The van der Waals surface area contributed by atoms with E-state index in [1.807, 2.05) is 24.5 Å². The highest BCUT2D eigenvalue weighted by atomic mass is 14.7. The van der Waals surface area contributed by atoms with Gasteiger partial charge in [0, 0.05) is 12.4 Å². The van der Waals surface area contributed by atoms with Gasteiger partial charge in [0.2, 0.25) is 0 Å². The largest absolute Gasteiger partial charge is 0.255 e. The lowest BCUT2D eigenvalue weighted by molar-refractivity contribution is 0.924. The van der Waals surface area contributed by atoms with Crippen LogP contribution in [0.1, 0.15) is 18.9 Å². The smallest absolute Gasteiger partial charge is 0.0918 e. The Labute approximate surface area is 77.6 Å². The maximum atomic E-state index is 4.34. The van der Waals surface area contributed by atoms with E-state index in [-0.39, 0.29) is 0 Å². The van der Waals surface area contributed by atoms with Gasteiger partial charge in [0.1, 0.15) is 0 Å². The number of nitrogens with zero attached hydrogens (tertiary/aromatic N) is 2. The molecule has 0 saturated heterocycles. The van der Waals surface area contributed by atoms with Gasteiger partial charge in [-0.15, -0.1) is 0 Å². The van der Waals surface area contributed by atoms with Crippen molar-refractivity contribution in [3.8, 4) is 0 Å². The fraction of sp³-hybridized carbons (Fsp3) is 0.273. The van der Waals surface area contributed by atoms with Crippen LogP contribution in [0.3, 0.4) is 0 Å². The van der Waals surface area contributed by atoms with E-state index in [2.05, 4.69) is 23.0 Å². The number of hydrogen-bond acceptors (Lipinski definition) is 2. The van der Waals surface area contributed by atoms with Crippen LogP contribution in [-0.4, -0.2) is 9.97 Å². The summed E-state index contributed by atoms with van der Waals surface area (Å²) in [7, 11) is 0. The lowest BCUT2D eigenvalue weighted by atomic mass is 10.1. The average Bonchev–Trinajstić information content (AvgIpc) is 2.19. The molecule has 2 heterocycles. The van der Waals surface area contributed by atoms with Crippen LogP contribution in [0.25, 0.3) is 11.0 Å². The Morgan fingerprint density at radius 1 is 1.15 bits per heavy atom. The molecular formula is C11H12N2. The maximum Gasteiger partial charge on any atom is 0.0918 e. The van der Waals surface area contributed by atoms with E-state index in [0.29, 0.717) is 0 Å². The standard InChI is InChI=1S/C11H12N2/c1-2-4-9-6-8-12-10-5-3-7-13-11(9)10/h3,5-8H,2,4H2,1H3. The number of fused-ring (bicyclic) bond motifs is 1. The highest BCUT2D eigenvalue weighted by Crippen LogP contribution is 2.14. The summed E-state index contributed by atoms with van der Waals surface area (Å²) in [5.41, 5.74) is 3.34. The van der Waals surface area contributed by atoms with E-state index in [1.54, 1.807) is 0 Å². The fourth-order valence-corrected chi connectivity index (χ4v) is 1.51. The van der Waals surface area contributed by atoms with Crippen molar-refractivity contribution >= 4 is 11.0 Å². The fourth-order valence-electron chi connectivity index (χ4n) is 1.51. The summed E-state index contributed by atoms with van der Waals surface area (Å²) in [5.74, 6) is 0. The molecule has 66 valence electrons. The Bertz CT molecular complexity index is 404. The lowest BCUT2D eigenvalue weighted by Crippen LogP contribution is -1.90. The first-order valence-corrected chi connectivity index (χ1v) is 4.60. The van der Waals surface area contributed by atoms with Crippen LogP contribution >= 0.6 is 0 Å². The van der Waals surface area contributed by atoms with Crippen LogP contribution in [0.15, 0.2) is 30.6 Å². The van der Waals surface area contributed by atoms with Gasteiger partial charge in [-0.25, -0.2) is 0 Å². The molecule has 0 spiro atoms. The van der Waals surface area contributed by atoms with E-state index in [9.17, 15) is 0 Å². The number of rotatable bonds is 2. The van der Waals surface area contributed by atoms with Gasteiger partial charge in [0.25, 0.3) is 0 Å². The van der Waals surface area contributed by atoms with Crippen LogP contribution in [0.2, 0.25) is 0 Å². The molecule has 13 heavy (non-hydrogen) atoms.